The van der Waals surface area contributed by atoms with Gasteiger partial charge in [0, 0.05) is 5.56 Å². The van der Waals surface area contributed by atoms with Gasteiger partial charge in [0.05, 0.1) is 13.3 Å². The van der Waals surface area contributed by atoms with Crippen LogP contribution in [0.4, 0.5) is 0 Å². The number of hydrogen-bond donors (Lipinski definition) is 2. The van der Waals surface area contributed by atoms with Gasteiger partial charge >= 0.3 is 0 Å². The number of methoxy groups -OCH3 is 1. The molecule has 0 heterocycles. The molecule has 0 saturated heterocycles. The number of phenols is 1. The first kappa shape index (κ1) is 15.6. The minimum Gasteiger partial charge on any atom is -0.507 e. The molecule has 0 aliphatic rings. The van der Waals surface area contributed by atoms with E-state index in [-0.39, 0.29) is 11.7 Å². The minimum atomic E-state index is -0.317. The number of benzene rings is 2. The van der Waals surface area contributed by atoms with E-state index in [0.717, 1.165) is 16.7 Å². The molecule has 0 fully saturated rings. The summed E-state index contributed by atoms with van der Waals surface area (Å²) in [6.45, 7) is 3.63. The zero-order valence-corrected chi connectivity index (χ0v) is 12.8. The molecule has 114 valence electrons. The molecule has 0 unspecified atom stereocenters. The maximum absolute atomic E-state index is 12.0. The van der Waals surface area contributed by atoms with Crippen molar-refractivity contribution in [1.29, 1.82) is 0 Å². The van der Waals surface area contributed by atoms with Crippen molar-refractivity contribution in [3.63, 3.8) is 0 Å². The summed E-state index contributed by atoms with van der Waals surface area (Å²) in [6.07, 6.45) is 1.54. The van der Waals surface area contributed by atoms with Gasteiger partial charge in [-0.1, -0.05) is 6.07 Å². The van der Waals surface area contributed by atoms with Gasteiger partial charge in [0.1, 0.15) is 11.5 Å². The van der Waals surface area contributed by atoms with Gasteiger partial charge in [-0.25, -0.2) is 5.43 Å². The fourth-order valence-corrected chi connectivity index (χ4v) is 2.06. The van der Waals surface area contributed by atoms with Gasteiger partial charge in [-0.2, -0.15) is 5.10 Å². The van der Waals surface area contributed by atoms with Crippen LogP contribution in [0.15, 0.2) is 41.5 Å². The quantitative estimate of drug-likeness (QED) is 0.673. The molecule has 5 heteroatoms. The van der Waals surface area contributed by atoms with Crippen LogP contribution in [0.2, 0.25) is 0 Å². The van der Waals surface area contributed by atoms with Crippen molar-refractivity contribution in [1.82, 2.24) is 5.43 Å². The summed E-state index contributed by atoms with van der Waals surface area (Å²) in [6, 6.07) is 10.4. The van der Waals surface area contributed by atoms with Crippen molar-refractivity contribution in [2.24, 2.45) is 5.10 Å². The molecular formula is C17H18N2O3. The molecule has 0 aliphatic carbocycles. The largest absolute Gasteiger partial charge is 0.507 e. The van der Waals surface area contributed by atoms with Crippen LogP contribution in [0.25, 0.3) is 0 Å². The van der Waals surface area contributed by atoms with E-state index in [1.807, 2.05) is 13.8 Å². The zero-order valence-electron chi connectivity index (χ0n) is 12.8. The number of hydrogen-bond acceptors (Lipinski definition) is 4. The molecular weight excluding hydrogens is 280 g/mol. The number of carbonyl (C=O) groups excluding carboxylic acids is 1. The fraction of sp³-hybridized carbons (Fsp3) is 0.176. The van der Waals surface area contributed by atoms with Crippen molar-refractivity contribution in [2.75, 3.05) is 7.11 Å². The number of ether oxygens (including phenoxy) is 1. The molecule has 0 bridgehead atoms. The topological polar surface area (TPSA) is 70.9 Å². The SMILES string of the molecule is COc1cccc(C(=O)N/N=C\c2cc(C)c(O)c(C)c2)c1. The Morgan fingerprint density at radius 2 is 1.91 bits per heavy atom. The molecule has 1 amide bonds. The van der Waals surface area contributed by atoms with E-state index in [0.29, 0.717) is 11.3 Å². The summed E-state index contributed by atoms with van der Waals surface area (Å²) in [5, 5.41) is 13.7. The highest BCUT2D eigenvalue weighted by Gasteiger charge is 2.05. The molecule has 22 heavy (non-hydrogen) atoms. The smallest absolute Gasteiger partial charge is 0.271 e. The Morgan fingerprint density at radius 1 is 1.23 bits per heavy atom. The Morgan fingerprint density at radius 3 is 2.55 bits per heavy atom. The van der Waals surface area contributed by atoms with Crippen molar-refractivity contribution in [3.8, 4) is 11.5 Å². The van der Waals surface area contributed by atoms with Crippen LogP contribution in [-0.2, 0) is 0 Å². The van der Waals surface area contributed by atoms with Crippen LogP contribution >= 0.6 is 0 Å². The number of hydrazone groups is 1. The van der Waals surface area contributed by atoms with Crippen LogP contribution < -0.4 is 10.2 Å². The molecule has 2 aromatic carbocycles. The molecule has 2 aromatic rings. The van der Waals surface area contributed by atoms with E-state index in [1.165, 1.54) is 6.21 Å². The standard InChI is InChI=1S/C17H18N2O3/c1-11-7-13(8-12(2)16(11)20)10-18-19-17(21)14-5-4-6-15(9-14)22-3/h4-10,20H,1-3H3,(H,19,21)/b18-10-. The van der Waals surface area contributed by atoms with Crippen LogP contribution in [-0.4, -0.2) is 24.3 Å². The number of amides is 1. The van der Waals surface area contributed by atoms with E-state index < -0.39 is 0 Å². The first-order valence-electron chi connectivity index (χ1n) is 6.79. The predicted molar refractivity (Wildman–Crippen MR) is 85.6 cm³/mol. The third-order valence-corrected chi connectivity index (χ3v) is 3.23. The summed E-state index contributed by atoms with van der Waals surface area (Å²) in [4.78, 5) is 12.0. The Bertz CT molecular complexity index is 701. The highest BCUT2D eigenvalue weighted by molar-refractivity contribution is 5.95. The second kappa shape index (κ2) is 6.76. The summed E-state index contributed by atoms with van der Waals surface area (Å²) in [7, 11) is 1.55. The van der Waals surface area contributed by atoms with Gasteiger partial charge in [-0.15, -0.1) is 0 Å². The van der Waals surface area contributed by atoms with Crippen LogP contribution in [0.1, 0.15) is 27.0 Å². The Hall–Kier alpha value is -2.82. The van der Waals surface area contributed by atoms with Crippen molar-refractivity contribution in [3.05, 3.63) is 58.7 Å². The van der Waals surface area contributed by atoms with Gasteiger partial charge in [0.2, 0.25) is 0 Å². The number of rotatable bonds is 4. The monoisotopic (exact) mass is 298 g/mol. The second-order valence-electron chi connectivity index (χ2n) is 4.93. The van der Waals surface area contributed by atoms with E-state index in [4.69, 9.17) is 4.74 Å². The average Bonchev–Trinajstić information content (AvgIpc) is 2.52. The van der Waals surface area contributed by atoms with Crippen LogP contribution in [0.3, 0.4) is 0 Å². The molecule has 0 aromatic heterocycles. The molecule has 0 saturated carbocycles. The Kier molecular flexibility index (Phi) is 4.78. The zero-order chi connectivity index (χ0) is 16.1. The van der Waals surface area contributed by atoms with Gasteiger partial charge in [-0.3, -0.25) is 4.79 Å². The number of aromatic hydroxyl groups is 1. The van der Waals surface area contributed by atoms with E-state index in [9.17, 15) is 9.90 Å². The lowest BCUT2D eigenvalue weighted by Crippen LogP contribution is -2.17. The third kappa shape index (κ3) is 3.63. The maximum atomic E-state index is 12.0. The molecule has 5 nitrogen and oxygen atoms in total. The predicted octanol–water partition coefficient (Wildman–Crippen LogP) is 2.78. The summed E-state index contributed by atoms with van der Waals surface area (Å²) < 4.78 is 5.07. The highest BCUT2D eigenvalue weighted by atomic mass is 16.5. The lowest BCUT2D eigenvalue weighted by molar-refractivity contribution is 0.0955. The van der Waals surface area contributed by atoms with Crippen molar-refractivity contribution in [2.45, 2.75) is 13.8 Å². The lowest BCUT2D eigenvalue weighted by Gasteiger charge is -2.05. The molecule has 2 rings (SSSR count). The van der Waals surface area contributed by atoms with Crippen molar-refractivity contribution < 1.29 is 14.6 Å². The number of aryl methyl sites for hydroxylation is 2. The molecule has 0 radical (unpaired) electrons. The summed E-state index contributed by atoms with van der Waals surface area (Å²) in [5.41, 5.74) is 5.27. The molecule has 2 N–H and O–H groups in total. The molecule has 0 aliphatic heterocycles. The van der Waals surface area contributed by atoms with Gasteiger partial charge in [0.25, 0.3) is 5.91 Å². The first-order valence-corrected chi connectivity index (χ1v) is 6.79. The number of nitrogens with zero attached hydrogens (tertiary/aromatic N) is 1. The maximum Gasteiger partial charge on any atom is 0.271 e. The lowest BCUT2D eigenvalue weighted by atomic mass is 10.1. The Labute approximate surface area is 129 Å². The number of carbonyl (C=O) groups is 1. The van der Waals surface area contributed by atoms with Crippen LogP contribution in [0, 0.1) is 13.8 Å². The summed E-state index contributed by atoms with van der Waals surface area (Å²) in [5.74, 6) is 0.571. The van der Waals surface area contributed by atoms with Gasteiger partial charge < -0.3 is 9.84 Å². The molecule has 0 atom stereocenters. The van der Waals surface area contributed by atoms with E-state index >= 15 is 0 Å². The van der Waals surface area contributed by atoms with Crippen LogP contribution in [0.5, 0.6) is 11.5 Å². The first-order chi connectivity index (χ1) is 10.5. The summed E-state index contributed by atoms with van der Waals surface area (Å²) >= 11 is 0. The number of phenolic OH excluding ortho intramolecular Hbond substituents is 1. The van der Waals surface area contributed by atoms with Crippen molar-refractivity contribution >= 4 is 12.1 Å². The third-order valence-electron chi connectivity index (χ3n) is 3.23. The minimum absolute atomic E-state index is 0.276. The normalized spacial score (nSPS) is 10.7. The highest BCUT2D eigenvalue weighted by Crippen LogP contribution is 2.22. The van der Waals surface area contributed by atoms with E-state index in [2.05, 4.69) is 10.5 Å². The Balaban J connectivity index is 2.07. The number of nitrogens with one attached hydrogen (secondary N) is 1. The fourth-order valence-electron chi connectivity index (χ4n) is 2.06. The van der Waals surface area contributed by atoms with Gasteiger partial charge in [0.15, 0.2) is 0 Å². The average molecular weight is 298 g/mol. The van der Waals surface area contributed by atoms with E-state index in [1.54, 1.807) is 43.5 Å². The molecule has 0 spiro atoms. The second-order valence-corrected chi connectivity index (χ2v) is 4.93. The van der Waals surface area contributed by atoms with Gasteiger partial charge in [-0.05, 0) is 60.9 Å².